The number of likely N-dealkylation sites (tertiary alicyclic amines) is 1. The lowest BCUT2D eigenvalue weighted by Gasteiger charge is -2.19. The highest BCUT2D eigenvalue weighted by Crippen LogP contribution is 2.33. The van der Waals surface area contributed by atoms with Crippen LogP contribution in [-0.4, -0.2) is 35.1 Å². The molecule has 0 aliphatic carbocycles. The fourth-order valence-corrected chi connectivity index (χ4v) is 2.92. The van der Waals surface area contributed by atoms with Gasteiger partial charge in [-0.25, -0.2) is 0 Å². The number of carboxylic acids is 1. The first kappa shape index (κ1) is 13.1. The monoisotopic (exact) mass is 247 g/mol. The molecule has 1 heterocycles. The van der Waals surface area contributed by atoms with Crippen LogP contribution in [-0.2, 0) is 4.79 Å². The van der Waals surface area contributed by atoms with Crippen LogP contribution in [0.25, 0.3) is 0 Å². The molecule has 0 radical (unpaired) electrons. The highest BCUT2D eigenvalue weighted by Gasteiger charge is 2.30. The van der Waals surface area contributed by atoms with Crippen molar-refractivity contribution in [1.82, 2.24) is 4.90 Å². The fraction of sp³-hybridized carbons (Fsp3) is 0.533. The Kier molecular flexibility index (Phi) is 4.02. The van der Waals surface area contributed by atoms with Crippen LogP contribution in [0.2, 0.25) is 0 Å². The molecular formula is C15H21NO2. The average molecular weight is 247 g/mol. The topological polar surface area (TPSA) is 40.5 Å². The van der Waals surface area contributed by atoms with Crippen molar-refractivity contribution >= 4 is 5.97 Å². The van der Waals surface area contributed by atoms with E-state index in [9.17, 15) is 4.79 Å². The van der Waals surface area contributed by atoms with E-state index in [4.69, 9.17) is 5.11 Å². The number of carboxylic acid groups (broad SMARTS) is 1. The highest BCUT2D eigenvalue weighted by molar-refractivity contribution is 5.66. The highest BCUT2D eigenvalue weighted by atomic mass is 16.4. The van der Waals surface area contributed by atoms with E-state index in [2.05, 4.69) is 43.0 Å². The summed E-state index contributed by atoms with van der Waals surface area (Å²) in [5.74, 6) is -0.156. The second-order valence-corrected chi connectivity index (χ2v) is 5.28. The molecule has 0 amide bonds. The fourth-order valence-electron chi connectivity index (χ4n) is 2.92. The van der Waals surface area contributed by atoms with Crippen molar-refractivity contribution in [3.05, 3.63) is 35.4 Å². The third-order valence-corrected chi connectivity index (χ3v) is 3.95. The number of hydrogen-bond donors (Lipinski definition) is 1. The van der Waals surface area contributed by atoms with Crippen LogP contribution in [0, 0.1) is 6.92 Å². The van der Waals surface area contributed by atoms with Gasteiger partial charge in [-0.3, -0.25) is 9.69 Å². The Balaban J connectivity index is 2.02. The number of aryl methyl sites for hydroxylation is 1. The van der Waals surface area contributed by atoms with Gasteiger partial charge in [-0.2, -0.15) is 0 Å². The molecule has 2 rings (SSSR count). The molecule has 0 spiro atoms. The number of nitrogens with zero attached hydrogens (tertiary/aromatic N) is 1. The molecule has 1 fully saturated rings. The Hall–Kier alpha value is -1.35. The van der Waals surface area contributed by atoms with Crippen molar-refractivity contribution in [3.8, 4) is 0 Å². The number of benzene rings is 1. The minimum absolute atomic E-state index is 0.241. The summed E-state index contributed by atoms with van der Waals surface area (Å²) >= 11 is 0. The van der Waals surface area contributed by atoms with Crippen LogP contribution < -0.4 is 0 Å². The summed E-state index contributed by atoms with van der Waals surface area (Å²) in [6.07, 6.45) is 1.37. The molecule has 0 unspecified atom stereocenters. The van der Waals surface area contributed by atoms with Gasteiger partial charge in [0.1, 0.15) is 0 Å². The van der Waals surface area contributed by atoms with Crippen molar-refractivity contribution in [2.45, 2.75) is 38.6 Å². The van der Waals surface area contributed by atoms with E-state index in [1.54, 1.807) is 0 Å². The Bertz CT molecular complexity index is 430. The summed E-state index contributed by atoms with van der Waals surface area (Å²) in [7, 11) is 0. The summed E-state index contributed by atoms with van der Waals surface area (Å²) < 4.78 is 0. The van der Waals surface area contributed by atoms with E-state index in [0.29, 0.717) is 18.5 Å². The molecule has 1 saturated heterocycles. The molecule has 0 aromatic heterocycles. The number of rotatable bonds is 4. The molecule has 3 nitrogen and oxygen atoms in total. The Labute approximate surface area is 108 Å². The number of carbonyl (C=O) groups is 1. The van der Waals surface area contributed by atoms with Crippen LogP contribution >= 0.6 is 0 Å². The maximum absolute atomic E-state index is 10.6. The van der Waals surface area contributed by atoms with Crippen molar-refractivity contribution in [3.63, 3.8) is 0 Å². The lowest BCUT2D eigenvalue weighted by Crippen LogP contribution is -2.29. The zero-order valence-electron chi connectivity index (χ0n) is 11.1. The Morgan fingerprint density at radius 3 is 2.83 bits per heavy atom. The van der Waals surface area contributed by atoms with E-state index in [0.717, 1.165) is 13.0 Å². The van der Waals surface area contributed by atoms with Crippen LogP contribution in [0.5, 0.6) is 0 Å². The molecular weight excluding hydrogens is 226 g/mol. The van der Waals surface area contributed by atoms with Gasteiger partial charge in [-0.15, -0.1) is 0 Å². The van der Waals surface area contributed by atoms with Gasteiger partial charge in [0.2, 0.25) is 0 Å². The van der Waals surface area contributed by atoms with E-state index in [1.807, 2.05) is 0 Å². The quantitative estimate of drug-likeness (QED) is 0.889. The maximum Gasteiger partial charge on any atom is 0.304 e. The summed E-state index contributed by atoms with van der Waals surface area (Å²) in [5, 5.41) is 8.76. The zero-order chi connectivity index (χ0) is 13.1. The molecule has 0 bridgehead atoms. The summed E-state index contributed by atoms with van der Waals surface area (Å²) in [5.41, 5.74) is 2.76. The van der Waals surface area contributed by atoms with Gasteiger partial charge in [0, 0.05) is 19.1 Å². The molecule has 3 heteroatoms. The Morgan fingerprint density at radius 1 is 1.44 bits per heavy atom. The molecule has 98 valence electrons. The van der Waals surface area contributed by atoms with Crippen molar-refractivity contribution in [1.29, 1.82) is 0 Å². The predicted octanol–water partition coefficient (Wildman–Crippen LogP) is 2.65. The average Bonchev–Trinajstić information content (AvgIpc) is 2.68. The summed E-state index contributed by atoms with van der Waals surface area (Å²) in [4.78, 5) is 12.9. The smallest absolute Gasteiger partial charge is 0.304 e. The normalized spacial score (nSPS) is 24.3. The van der Waals surface area contributed by atoms with E-state index >= 15 is 0 Å². The summed E-state index contributed by atoms with van der Waals surface area (Å²) in [6.45, 7) is 6.00. The SMILES string of the molecule is Cc1ccccc1[C@@H]1C[C@@H](C)N(CCC(=O)O)C1. The van der Waals surface area contributed by atoms with Crippen molar-refractivity contribution < 1.29 is 9.90 Å². The van der Waals surface area contributed by atoms with Crippen molar-refractivity contribution in [2.75, 3.05) is 13.1 Å². The van der Waals surface area contributed by atoms with Crippen LogP contribution in [0.15, 0.2) is 24.3 Å². The first-order chi connectivity index (χ1) is 8.58. The zero-order valence-corrected chi connectivity index (χ0v) is 11.1. The lowest BCUT2D eigenvalue weighted by atomic mass is 9.93. The molecule has 1 N–H and O–H groups in total. The standard InChI is InChI=1S/C15H21NO2/c1-11-5-3-4-6-14(11)13-9-12(2)16(10-13)8-7-15(17)18/h3-6,12-13H,7-10H2,1-2H3,(H,17,18)/t12-,13-/m1/s1. The molecule has 1 aliphatic heterocycles. The Morgan fingerprint density at radius 2 is 2.17 bits per heavy atom. The van der Waals surface area contributed by atoms with Crippen molar-refractivity contribution in [2.24, 2.45) is 0 Å². The summed E-state index contributed by atoms with van der Waals surface area (Å²) in [6, 6.07) is 8.99. The first-order valence-electron chi connectivity index (χ1n) is 6.59. The van der Waals surface area contributed by atoms with Gasteiger partial charge in [0.15, 0.2) is 0 Å². The van der Waals surface area contributed by atoms with Crippen LogP contribution in [0.3, 0.4) is 0 Å². The molecule has 2 atom stereocenters. The first-order valence-corrected chi connectivity index (χ1v) is 6.59. The van der Waals surface area contributed by atoms with Gasteiger partial charge in [-0.05, 0) is 37.3 Å². The van der Waals surface area contributed by atoms with Gasteiger partial charge in [0.25, 0.3) is 0 Å². The minimum atomic E-state index is -0.707. The number of aliphatic carboxylic acids is 1. The maximum atomic E-state index is 10.6. The molecule has 18 heavy (non-hydrogen) atoms. The molecule has 1 aromatic rings. The largest absolute Gasteiger partial charge is 0.481 e. The third kappa shape index (κ3) is 2.91. The van der Waals surface area contributed by atoms with E-state index in [-0.39, 0.29) is 6.42 Å². The molecule has 0 saturated carbocycles. The second kappa shape index (κ2) is 5.53. The van der Waals surface area contributed by atoms with Gasteiger partial charge >= 0.3 is 5.97 Å². The van der Waals surface area contributed by atoms with Gasteiger partial charge < -0.3 is 5.11 Å². The van der Waals surface area contributed by atoms with Crippen LogP contribution in [0.1, 0.15) is 36.8 Å². The van der Waals surface area contributed by atoms with E-state index in [1.165, 1.54) is 11.1 Å². The van der Waals surface area contributed by atoms with Crippen LogP contribution in [0.4, 0.5) is 0 Å². The molecule has 1 aliphatic rings. The lowest BCUT2D eigenvalue weighted by molar-refractivity contribution is -0.137. The minimum Gasteiger partial charge on any atom is -0.481 e. The van der Waals surface area contributed by atoms with Gasteiger partial charge in [-0.1, -0.05) is 24.3 Å². The van der Waals surface area contributed by atoms with Gasteiger partial charge in [0.05, 0.1) is 6.42 Å². The molecule has 1 aromatic carbocycles. The third-order valence-electron chi connectivity index (χ3n) is 3.95. The van der Waals surface area contributed by atoms with E-state index < -0.39 is 5.97 Å². The number of hydrogen-bond acceptors (Lipinski definition) is 2. The second-order valence-electron chi connectivity index (χ2n) is 5.28. The predicted molar refractivity (Wildman–Crippen MR) is 71.8 cm³/mol.